The van der Waals surface area contributed by atoms with Crippen molar-refractivity contribution in [3.63, 3.8) is 0 Å². The molecule has 0 aliphatic rings. The molecule has 1 aromatic carbocycles. The summed E-state index contributed by atoms with van der Waals surface area (Å²) in [6, 6.07) is 2.20. The average Bonchev–Trinajstić information content (AvgIpc) is 2.71. The van der Waals surface area contributed by atoms with Crippen LogP contribution in [-0.4, -0.2) is 54.7 Å². The fourth-order valence-corrected chi connectivity index (χ4v) is 3.86. The first-order valence-corrected chi connectivity index (χ1v) is 10.4. The Morgan fingerprint density at radius 3 is 1.43 bits per heavy atom. The highest BCUT2D eigenvalue weighted by Gasteiger charge is 2.93. The van der Waals surface area contributed by atoms with E-state index in [1.54, 1.807) is 0 Å². The van der Waals surface area contributed by atoms with Gasteiger partial charge in [-0.25, -0.2) is 4.39 Å². The predicted octanol–water partition coefficient (Wildman–Crippen LogP) is 7.51. The fourth-order valence-electron chi connectivity index (χ4n) is 2.12. The van der Waals surface area contributed by atoms with Crippen molar-refractivity contribution >= 4 is 21.9 Å². The Balaban J connectivity index is 3.68. The zero-order valence-electron chi connectivity index (χ0n) is 16.3. The monoisotopic (exact) mass is 620 g/mol. The van der Waals surface area contributed by atoms with Gasteiger partial charge in [0.05, 0.1) is 0 Å². The molecule has 0 aromatic heterocycles. The van der Waals surface area contributed by atoms with Crippen LogP contribution in [0.4, 0.5) is 74.6 Å². The molecule has 0 bridgehead atoms. The molecule has 0 atom stereocenters. The summed E-state index contributed by atoms with van der Waals surface area (Å²) in [4.78, 5) is -2.77. The zero-order valence-corrected chi connectivity index (χ0v) is 17.9. The number of thioether (sulfide) groups is 1. The number of halogens is 17. The predicted molar refractivity (Wildman–Crippen MR) is 87.1 cm³/mol. The van der Waals surface area contributed by atoms with Gasteiger partial charge in [0.1, 0.15) is 4.90 Å². The molecule has 0 saturated heterocycles. The van der Waals surface area contributed by atoms with Crippen LogP contribution in [0.25, 0.3) is 0 Å². The molecular formula is C15H5F17O3S2. The summed E-state index contributed by atoms with van der Waals surface area (Å²) in [6.45, 7) is 0. The van der Waals surface area contributed by atoms with Crippen LogP contribution in [0.5, 0.6) is 0 Å². The highest BCUT2D eigenvalue weighted by molar-refractivity contribution is 8.03. The molecule has 0 saturated carbocycles. The Morgan fingerprint density at radius 2 is 1.03 bits per heavy atom. The van der Waals surface area contributed by atoms with Crippen molar-refractivity contribution < 1.29 is 87.6 Å². The lowest BCUT2D eigenvalue weighted by Crippen LogP contribution is -2.72. The van der Waals surface area contributed by atoms with Crippen LogP contribution in [0.15, 0.2) is 45.0 Å². The van der Waals surface area contributed by atoms with E-state index in [2.05, 4.69) is 0 Å². The topological polar surface area (TPSA) is 54.4 Å². The summed E-state index contributed by atoms with van der Waals surface area (Å²) < 4.78 is 255. The van der Waals surface area contributed by atoms with Crippen molar-refractivity contribution in [2.75, 3.05) is 0 Å². The van der Waals surface area contributed by atoms with Crippen LogP contribution in [0.3, 0.4) is 0 Å². The van der Waals surface area contributed by atoms with Crippen LogP contribution in [-0.2, 0) is 10.1 Å². The summed E-state index contributed by atoms with van der Waals surface area (Å²) in [6.07, 6.45) is -7.83. The van der Waals surface area contributed by atoms with E-state index in [-0.39, 0.29) is 0 Å². The minimum Gasteiger partial charge on any atom is -0.282 e. The van der Waals surface area contributed by atoms with Gasteiger partial charge in [0.15, 0.2) is 5.16 Å². The lowest BCUT2D eigenvalue weighted by Gasteiger charge is -2.41. The van der Waals surface area contributed by atoms with Crippen molar-refractivity contribution in [2.24, 2.45) is 0 Å². The second-order valence-corrected chi connectivity index (χ2v) is 8.95. The van der Waals surface area contributed by atoms with E-state index in [9.17, 15) is 83.1 Å². The second kappa shape index (κ2) is 9.35. The standard InChI is InChI=1S/C15H5F17O3S2/c16-7(8(17)36-5-3-1-2-4-6(5)37(33,34)35)9(18,19)10(20,21)11(22,23)12(24,25)13(26,27)14(28,29)15(30,31)32/h1-4H,(H,33,34,35). The molecule has 214 valence electrons. The second-order valence-electron chi connectivity index (χ2n) is 6.56. The van der Waals surface area contributed by atoms with Crippen molar-refractivity contribution in [2.45, 2.75) is 51.5 Å². The highest BCUT2D eigenvalue weighted by Crippen LogP contribution is 2.63. The molecule has 22 heteroatoms. The number of hydrogen-bond acceptors (Lipinski definition) is 3. The number of benzene rings is 1. The van der Waals surface area contributed by atoms with Crippen LogP contribution in [0.1, 0.15) is 0 Å². The van der Waals surface area contributed by atoms with Crippen molar-refractivity contribution in [1.82, 2.24) is 0 Å². The maximum atomic E-state index is 13.9. The Labute approximate surface area is 197 Å². The molecular weight excluding hydrogens is 615 g/mol. The van der Waals surface area contributed by atoms with Gasteiger partial charge >= 0.3 is 41.7 Å². The molecule has 0 heterocycles. The Hall–Kier alpha value is -1.97. The van der Waals surface area contributed by atoms with Crippen LogP contribution in [0.2, 0.25) is 0 Å². The molecule has 1 N–H and O–H groups in total. The largest absolute Gasteiger partial charge is 0.460 e. The smallest absolute Gasteiger partial charge is 0.282 e. The third kappa shape index (κ3) is 5.06. The third-order valence-electron chi connectivity index (χ3n) is 4.10. The zero-order chi connectivity index (χ0) is 29.8. The van der Waals surface area contributed by atoms with Crippen LogP contribution >= 0.6 is 11.8 Å². The molecule has 3 nitrogen and oxygen atoms in total. The fraction of sp³-hybridized carbons (Fsp3) is 0.467. The normalized spacial score (nSPS) is 16.1. The van der Waals surface area contributed by atoms with Gasteiger partial charge in [-0.2, -0.15) is 78.7 Å². The van der Waals surface area contributed by atoms with E-state index in [0.29, 0.717) is 18.2 Å². The van der Waals surface area contributed by atoms with Gasteiger partial charge in [-0.05, 0) is 12.1 Å². The van der Waals surface area contributed by atoms with Gasteiger partial charge < -0.3 is 0 Å². The summed E-state index contributed by atoms with van der Waals surface area (Å²) in [5, 5.41) is -3.44. The summed E-state index contributed by atoms with van der Waals surface area (Å²) in [5.74, 6) is -54.7. The molecule has 37 heavy (non-hydrogen) atoms. The number of hydrogen-bond donors (Lipinski definition) is 1. The molecule has 0 spiro atoms. The van der Waals surface area contributed by atoms with Gasteiger partial charge in [-0.3, -0.25) is 4.55 Å². The van der Waals surface area contributed by atoms with Gasteiger partial charge in [0.2, 0.25) is 5.83 Å². The molecule has 0 aliphatic carbocycles. The molecule has 0 radical (unpaired) electrons. The van der Waals surface area contributed by atoms with E-state index < -0.39 is 84.4 Å². The number of allylic oxidation sites excluding steroid dienone is 1. The third-order valence-corrected chi connectivity index (χ3v) is 6.08. The van der Waals surface area contributed by atoms with Crippen molar-refractivity contribution in [1.29, 1.82) is 0 Å². The van der Waals surface area contributed by atoms with Crippen LogP contribution < -0.4 is 0 Å². The van der Waals surface area contributed by atoms with Crippen LogP contribution in [0, 0.1) is 0 Å². The maximum absolute atomic E-state index is 13.9. The van der Waals surface area contributed by atoms with Gasteiger partial charge in [-0.1, -0.05) is 23.9 Å². The first-order chi connectivity index (χ1) is 16.0. The van der Waals surface area contributed by atoms with Crippen molar-refractivity contribution in [3.8, 4) is 0 Å². The summed E-state index contributed by atoms with van der Waals surface area (Å²) in [5.41, 5.74) is 0. The van der Waals surface area contributed by atoms with E-state index >= 15 is 0 Å². The van der Waals surface area contributed by atoms with E-state index in [4.69, 9.17) is 4.55 Å². The Morgan fingerprint density at radius 1 is 0.649 bits per heavy atom. The summed E-state index contributed by atoms with van der Waals surface area (Å²) >= 11 is -1.28. The number of alkyl halides is 15. The molecule has 0 fully saturated rings. The lowest BCUT2D eigenvalue weighted by molar-refractivity contribution is -0.450. The van der Waals surface area contributed by atoms with E-state index in [0.717, 1.165) is 6.07 Å². The average molecular weight is 620 g/mol. The quantitative estimate of drug-likeness (QED) is 0.177. The lowest BCUT2D eigenvalue weighted by atomic mass is 9.91. The minimum absolute atomic E-state index is 0.361. The maximum Gasteiger partial charge on any atom is 0.460 e. The Bertz CT molecular complexity index is 1150. The van der Waals surface area contributed by atoms with Gasteiger partial charge in [0, 0.05) is 4.90 Å². The first-order valence-electron chi connectivity index (χ1n) is 8.17. The first kappa shape index (κ1) is 33.1. The van der Waals surface area contributed by atoms with Gasteiger partial charge in [-0.15, -0.1) is 0 Å². The molecule has 1 aromatic rings. The molecule has 0 aliphatic heterocycles. The molecule has 0 amide bonds. The van der Waals surface area contributed by atoms with E-state index in [1.807, 2.05) is 0 Å². The Kier molecular flexibility index (Phi) is 8.35. The molecule has 1 rings (SSSR count). The van der Waals surface area contributed by atoms with E-state index in [1.165, 1.54) is 0 Å². The van der Waals surface area contributed by atoms with Crippen molar-refractivity contribution in [3.05, 3.63) is 35.3 Å². The SMILES string of the molecule is O=S(=O)(O)c1ccccc1SC(F)=C(F)C(F)(F)C(F)(F)C(F)(F)C(F)(F)C(F)(F)C(F)(F)C(F)(F)F. The number of rotatable bonds is 9. The summed E-state index contributed by atoms with van der Waals surface area (Å²) in [7, 11) is -5.39. The molecule has 0 unspecified atom stereocenters. The van der Waals surface area contributed by atoms with Gasteiger partial charge in [0.25, 0.3) is 10.1 Å². The minimum atomic E-state index is -8.70. The highest BCUT2D eigenvalue weighted by atomic mass is 32.2.